The second-order valence-corrected chi connectivity index (χ2v) is 5.65. The number of piperazine rings is 1. The molecule has 4 heteroatoms. The van der Waals surface area contributed by atoms with Gasteiger partial charge in [0.25, 0.3) is 5.91 Å². The van der Waals surface area contributed by atoms with Crippen LogP contribution in [-0.2, 0) is 0 Å². The van der Waals surface area contributed by atoms with Crippen LogP contribution < -0.4 is 0 Å². The summed E-state index contributed by atoms with van der Waals surface area (Å²) in [6.45, 7) is 3.60. The first-order valence-electron chi connectivity index (χ1n) is 6.20. The van der Waals surface area contributed by atoms with Crippen molar-refractivity contribution in [2.75, 3.05) is 33.2 Å². The molecule has 3 rings (SSSR count). The predicted molar refractivity (Wildman–Crippen MR) is 75.2 cm³/mol. The highest BCUT2D eigenvalue weighted by Crippen LogP contribution is 2.26. The number of carbonyl (C=O) groups excluding carboxylic acids is 1. The summed E-state index contributed by atoms with van der Waals surface area (Å²) in [6.07, 6.45) is 0. The highest BCUT2D eigenvalue weighted by molar-refractivity contribution is 7.17. The maximum atomic E-state index is 12.5. The van der Waals surface area contributed by atoms with Crippen molar-refractivity contribution in [2.45, 2.75) is 0 Å². The van der Waals surface area contributed by atoms with Crippen molar-refractivity contribution in [2.24, 2.45) is 0 Å². The highest BCUT2D eigenvalue weighted by atomic mass is 32.1. The first kappa shape index (κ1) is 11.7. The normalized spacial score (nSPS) is 17.3. The van der Waals surface area contributed by atoms with Gasteiger partial charge in [0.1, 0.15) is 0 Å². The molecule has 0 unspecified atom stereocenters. The zero-order valence-electron chi connectivity index (χ0n) is 10.4. The largest absolute Gasteiger partial charge is 0.336 e. The highest BCUT2D eigenvalue weighted by Gasteiger charge is 2.22. The van der Waals surface area contributed by atoms with Crippen LogP contribution in [-0.4, -0.2) is 48.9 Å². The fraction of sp³-hybridized carbons (Fsp3) is 0.357. The van der Waals surface area contributed by atoms with Crippen LogP contribution in [0.3, 0.4) is 0 Å². The van der Waals surface area contributed by atoms with Crippen molar-refractivity contribution in [3.63, 3.8) is 0 Å². The summed E-state index contributed by atoms with van der Waals surface area (Å²) in [4.78, 5) is 16.7. The van der Waals surface area contributed by atoms with E-state index >= 15 is 0 Å². The van der Waals surface area contributed by atoms with Crippen LogP contribution in [0.25, 0.3) is 10.1 Å². The Labute approximate surface area is 111 Å². The fourth-order valence-electron chi connectivity index (χ4n) is 2.32. The molecule has 18 heavy (non-hydrogen) atoms. The average molecular weight is 260 g/mol. The summed E-state index contributed by atoms with van der Waals surface area (Å²) in [5.41, 5.74) is 0.861. The maximum Gasteiger partial charge on any atom is 0.255 e. The lowest BCUT2D eigenvalue weighted by Crippen LogP contribution is -2.47. The minimum absolute atomic E-state index is 0.181. The summed E-state index contributed by atoms with van der Waals surface area (Å²) >= 11 is 1.65. The number of carbonyl (C=O) groups is 1. The van der Waals surface area contributed by atoms with Gasteiger partial charge in [-0.15, -0.1) is 11.3 Å². The van der Waals surface area contributed by atoms with E-state index in [9.17, 15) is 4.79 Å². The van der Waals surface area contributed by atoms with Gasteiger partial charge in [-0.1, -0.05) is 18.2 Å². The van der Waals surface area contributed by atoms with E-state index in [-0.39, 0.29) is 5.91 Å². The van der Waals surface area contributed by atoms with Crippen molar-refractivity contribution in [1.29, 1.82) is 0 Å². The summed E-state index contributed by atoms with van der Waals surface area (Å²) in [5, 5.41) is 3.08. The van der Waals surface area contributed by atoms with E-state index in [1.54, 1.807) is 11.3 Å². The number of benzene rings is 1. The standard InChI is InChI=1S/C14H16N2OS/c1-15-6-8-16(9-7-15)14(17)12-10-18-13-5-3-2-4-11(12)13/h2-5,10H,6-9H2,1H3. The van der Waals surface area contributed by atoms with E-state index in [1.807, 2.05) is 28.5 Å². The van der Waals surface area contributed by atoms with Crippen LogP contribution in [0.1, 0.15) is 10.4 Å². The fourth-order valence-corrected chi connectivity index (χ4v) is 3.26. The van der Waals surface area contributed by atoms with Crippen LogP contribution in [0.4, 0.5) is 0 Å². The summed E-state index contributed by atoms with van der Waals surface area (Å²) < 4.78 is 1.19. The van der Waals surface area contributed by atoms with Gasteiger partial charge in [0.2, 0.25) is 0 Å². The molecule has 1 aliphatic rings. The molecule has 3 nitrogen and oxygen atoms in total. The Morgan fingerprint density at radius 1 is 1.17 bits per heavy atom. The summed E-state index contributed by atoms with van der Waals surface area (Å²) in [7, 11) is 2.10. The zero-order chi connectivity index (χ0) is 12.5. The number of rotatable bonds is 1. The van der Waals surface area contributed by atoms with Crippen LogP contribution in [0.2, 0.25) is 0 Å². The second kappa shape index (κ2) is 4.71. The van der Waals surface area contributed by atoms with Crippen LogP contribution >= 0.6 is 11.3 Å². The van der Waals surface area contributed by atoms with Crippen molar-refractivity contribution >= 4 is 27.3 Å². The molecule has 1 amide bonds. The number of hydrogen-bond donors (Lipinski definition) is 0. The van der Waals surface area contributed by atoms with Crippen LogP contribution in [0, 0.1) is 0 Å². The van der Waals surface area contributed by atoms with E-state index in [2.05, 4.69) is 18.0 Å². The number of nitrogens with zero attached hydrogens (tertiary/aromatic N) is 2. The van der Waals surface area contributed by atoms with Crippen LogP contribution in [0.5, 0.6) is 0 Å². The Morgan fingerprint density at radius 3 is 2.67 bits per heavy atom. The quantitative estimate of drug-likeness (QED) is 0.785. The molecule has 1 aliphatic heterocycles. The number of amides is 1. The maximum absolute atomic E-state index is 12.5. The van der Waals surface area contributed by atoms with Crippen LogP contribution in [0.15, 0.2) is 29.6 Å². The molecule has 1 saturated heterocycles. The molecule has 0 saturated carbocycles. The first-order chi connectivity index (χ1) is 8.75. The molecule has 1 fully saturated rings. The second-order valence-electron chi connectivity index (χ2n) is 4.74. The zero-order valence-corrected chi connectivity index (χ0v) is 11.2. The van der Waals surface area contributed by atoms with Gasteiger partial charge in [-0.05, 0) is 13.1 Å². The van der Waals surface area contributed by atoms with E-state index in [0.29, 0.717) is 0 Å². The lowest BCUT2D eigenvalue weighted by molar-refractivity contribution is 0.0666. The van der Waals surface area contributed by atoms with Crippen molar-refractivity contribution in [3.8, 4) is 0 Å². The first-order valence-corrected chi connectivity index (χ1v) is 7.08. The van der Waals surface area contributed by atoms with E-state index in [0.717, 1.165) is 37.1 Å². The van der Waals surface area contributed by atoms with Gasteiger partial charge in [-0.25, -0.2) is 0 Å². The molecule has 0 spiro atoms. The number of hydrogen-bond acceptors (Lipinski definition) is 3. The minimum Gasteiger partial charge on any atom is -0.336 e. The third-order valence-corrected chi connectivity index (χ3v) is 4.47. The van der Waals surface area contributed by atoms with Gasteiger partial charge >= 0.3 is 0 Å². The van der Waals surface area contributed by atoms with Gasteiger partial charge in [0.15, 0.2) is 0 Å². The summed E-state index contributed by atoms with van der Waals surface area (Å²) in [5.74, 6) is 0.181. The molecule has 2 aromatic rings. The van der Waals surface area contributed by atoms with Gasteiger partial charge in [-0.2, -0.15) is 0 Å². The van der Waals surface area contributed by atoms with Crippen molar-refractivity contribution in [1.82, 2.24) is 9.80 Å². The molecule has 0 bridgehead atoms. The molecule has 1 aromatic carbocycles. The molecule has 0 aliphatic carbocycles. The third kappa shape index (κ3) is 2.02. The molecule has 0 atom stereocenters. The topological polar surface area (TPSA) is 23.6 Å². The van der Waals surface area contributed by atoms with Gasteiger partial charge in [0.05, 0.1) is 5.56 Å². The summed E-state index contributed by atoms with van der Waals surface area (Å²) in [6, 6.07) is 8.12. The Morgan fingerprint density at radius 2 is 1.89 bits per heavy atom. The Balaban J connectivity index is 1.88. The molecular formula is C14H16N2OS. The third-order valence-electron chi connectivity index (χ3n) is 3.50. The van der Waals surface area contributed by atoms with Crippen molar-refractivity contribution < 1.29 is 4.79 Å². The monoisotopic (exact) mass is 260 g/mol. The number of likely N-dealkylation sites (N-methyl/N-ethyl adjacent to an activating group) is 1. The minimum atomic E-state index is 0.181. The Kier molecular flexibility index (Phi) is 3.06. The molecule has 94 valence electrons. The molecule has 0 radical (unpaired) electrons. The van der Waals surface area contributed by atoms with E-state index < -0.39 is 0 Å². The average Bonchev–Trinajstić information content (AvgIpc) is 2.82. The lowest BCUT2D eigenvalue weighted by atomic mass is 10.1. The Bertz CT molecular complexity index is 570. The van der Waals surface area contributed by atoms with E-state index in [1.165, 1.54) is 4.70 Å². The molecule has 2 heterocycles. The molecule has 1 aromatic heterocycles. The van der Waals surface area contributed by atoms with Crippen molar-refractivity contribution in [3.05, 3.63) is 35.2 Å². The lowest BCUT2D eigenvalue weighted by Gasteiger charge is -2.32. The predicted octanol–water partition coefficient (Wildman–Crippen LogP) is 2.29. The molecule has 0 N–H and O–H groups in total. The Hall–Kier alpha value is -1.39. The van der Waals surface area contributed by atoms with Gasteiger partial charge < -0.3 is 9.80 Å². The number of fused-ring (bicyclic) bond motifs is 1. The smallest absolute Gasteiger partial charge is 0.255 e. The van der Waals surface area contributed by atoms with Gasteiger partial charge in [-0.3, -0.25) is 4.79 Å². The molecular weight excluding hydrogens is 244 g/mol. The van der Waals surface area contributed by atoms with E-state index in [4.69, 9.17) is 0 Å². The SMILES string of the molecule is CN1CCN(C(=O)c2csc3ccccc23)CC1. The van der Waals surface area contributed by atoms with Gasteiger partial charge in [0, 0.05) is 41.6 Å². The number of thiophene rings is 1.